The van der Waals surface area contributed by atoms with Gasteiger partial charge < -0.3 is 14.9 Å². The zero-order chi connectivity index (χ0) is 16.2. The van der Waals surface area contributed by atoms with Crippen molar-refractivity contribution in [1.29, 1.82) is 5.26 Å². The lowest BCUT2D eigenvalue weighted by atomic mass is 9.96. The third-order valence-corrected chi connectivity index (χ3v) is 2.79. The number of nitrogens with zero attached hydrogens (tertiary/aromatic N) is 1. The number of methoxy groups -OCH3 is 1. The minimum atomic E-state index is -4.63. The third kappa shape index (κ3) is 4.18. The van der Waals surface area contributed by atoms with Crippen molar-refractivity contribution >= 4 is 5.97 Å². The van der Waals surface area contributed by atoms with Crippen molar-refractivity contribution in [3.8, 4) is 6.07 Å². The number of hydrogen-bond donors (Lipinski definition) is 2. The van der Waals surface area contributed by atoms with Gasteiger partial charge >= 0.3 is 12.1 Å². The standard InChI is InChI=1S/C13H12F3NO4/c1-21-11(19)5-10(18)12(20)9-3-2-8(13(14,15)16)4-7(9)6-17/h2-4,10,12,18,20H,5H2,1H3. The molecule has 0 aliphatic rings. The van der Waals surface area contributed by atoms with Crippen LogP contribution >= 0.6 is 0 Å². The van der Waals surface area contributed by atoms with Gasteiger partial charge in [-0.2, -0.15) is 18.4 Å². The molecule has 0 heterocycles. The van der Waals surface area contributed by atoms with E-state index in [9.17, 15) is 28.2 Å². The van der Waals surface area contributed by atoms with Crippen molar-refractivity contribution in [1.82, 2.24) is 0 Å². The van der Waals surface area contributed by atoms with Crippen LogP contribution in [0.1, 0.15) is 29.2 Å². The van der Waals surface area contributed by atoms with Gasteiger partial charge in [0.05, 0.1) is 36.8 Å². The van der Waals surface area contributed by atoms with Crippen molar-refractivity contribution in [2.24, 2.45) is 0 Å². The van der Waals surface area contributed by atoms with Crippen LogP contribution in [0.5, 0.6) is 0 Å². The summed E-state index contributed by atoms with van der Waals surface area (Å²) in [7, 11) is 1.08. The first-order valence-corrected chi connectivity index (χ1v) is 5.75. The fourth-order valence-electron chi connectivity index (χ4n) is 1.66. The Morgan fingerprint density at radius 2 is 2.05 bits per heavy atom. The van der Waals surface area contributed by atoms with E-state index in [2.05, 4.69) is 4.74 Å². The molecule has 0 aliphatic carbocycles. The van der Waals surface area contributed by atoms with Gasteiger partial charge in [0.25, 0.3) is 0 Å². The number of ether oxygens (including phenoxy) is 1. The largest absolute Gasteiger partial charge is 0.469 e. The predicted molar refractivity (Wildman–Crippen MR) is 63.8 cm³/mol. The summed E-state index contributed by atoms with van der Waals surface area (Å²) < 4.78 is 41.9. The quantitative estimate of drug-likeness (QED) is 0.823. The highest BCUT2D eigenvalue weighted by Crippen LogP contribution is 2.32. The van der Waals surface area contributed by atoms with E-state index in [0.29, 0.717) is 12.1 Å². The van der Waals surface area contributed by atoms with Gasteiger partial charge in [0, 0.05) is 5.56 Å². The summed E-state index contributed by atoms with van der Waals surface area (Å²) in [6.07, 6.45) is -8.45. The number of alkyl halides is 3. The van der Waals surface area contributed by atoms with Crippen LogP contribution in [0, 0.1) is 11.3 Å². The number of carbonyl (C=O) groups is 1. The zero-order valence-corrected chi connectivity index (χ0v) is 10.9. The van der Waals surface area contributed by atoms with E-state index in [-0.39, 0.29) is 5.56 Å². The second kappa shape index (κ2) is 6.56. The lowest BCUT2D eigenvalue weighted by Crippen LogP contribution is -2.23. The van der Waals surface area contributed by atoms with E-state index in [1.165, 1.54) is 6.07 Å². The first-order chi connectivity index (χ1) is 9.70. The Morgan fingerprint density at radius 3 is 2.52 bits per heavy atom. The molecule has 2 unspecified atom stereocenters. The molecule has 0 amide bonds. The zero-order valence-electron chi connectivity index (χ0n) is 10.9. The van der Waals surface area contributed by atoms with E-state index in [1.807, 2.05) is 0 Å². The van der Waals surface area contributed by atoms with E-state index >= 15 is 0 Å². The molecule has 1 aromatic carbocycles. The number of nitriles is 1. The molecule has 0 fully saturated rings. The van der Waals surface area contributed by atoms with Crippen molar-refractivity contribution in [2.45, 2.75) is 24.8 Å². The fraction of sp³-hybridized carbons (Fsp3) is 0.385. The number of esters is 1. The molecule has 1 rings (SSSR count). The van der Waals surface area contributed by atoms with Gasteiger partial charge in [-0.05, 0) is 12.1 Å². The van der Waals surface area contributed by atoms with Crippen molar-refractivity contribution in [3.05, 3.63) is 34.9 Å². The number of hydrogen-bond acceptors (Lipinski definition) is 5. The van der Waals surface area contributed by atoms with Gasteiger partial charge in [-0.15, -0.1) is 0 Å². The number of aliphatic hydroxyl groups is 2. The number of carbonyl (C=O) groups excluding carboxylic acids is 1. The van der Waals surface area contributed by atoms with Crippen molar-refractivity contribution in [3.63, 3.8) is 0 Å². The van der Waals surface area contributed by atoms with Crippen molar-refractivity contribution < 1.29 is 32.9 Å². The topological polar surface area (TPSA) is 90.6 Å². The maximum atomic E-state index is 12.5. The summed E-state index contributed by atoms with van der Waals surface area (Å²) in [5.41, 5.74) is -1.67. The normalized spacial score (nSPS) is 14.1. The molecule has 2 N–H and O–H groups in total. The average Bonchev–Trinajstić information content (AvgIpc) is 2.44. The first kappa shape index (κ1) is 16.9. The molecular formula is C13H12F3NO4. The number of aliphatic hydroxyl groups excluding tert-OH is 2. The SMILES string of the molecule is COC(=O)CC(O)C(O)c1ccc(C(F)(F)F)cc1C#N. The lowest BCUT2D eigenvalue weighted by Gasteiger charge is -2.19. The van der Waals surface area contributed by atoms with E-state index in [0.717, 1.165) is 13.2 Å². The highest BCUT2D eigenvalue weighted by Gasteiger charge is 2.32. The molecule has 21 heavy (non-hydrogen) atoms. The fourth-order valence-corrected chi connectivity index (χ4v) is 1.66. The Bertz CT molecular complexity index is 566. The second-order valence-corrected chi connectivity index (χ2v) is 4.20. The van der Waals surface area contributed by atoms with Gasteiger partial charge in [-0.1, -0.05) is 6.07 Å². The third-order valence-electron chi connectivity index (χ3n) is 2.79. The molecule has 2 atom stereocenters. The summed E-state index contributed by atoms with van der Waals surface area (Å²) in [6, 6.07) is 3.68. The van der Waals surface area contributed by atoms with Crippen LogP contribution in [0.3, 0.4) is 0 Å². The highest BCUT2D eigenvalue weighted by atomic mass is 19.4. The van der Waals surface area contributed by atoms with Gasteiger partial charge in [0.15, 0.2) is 0 Å². The van der Waals surface area contributed by atoms with Crippen LogP contribution in [-0.4, -0.2) is 29.4 Å². The van der Waals surface area contributed by atoms with Gasteiger partial charge in [0.1, 0.15) is 6.10 Å². The molecule has 0 saturated heterocycles. The Morgan fingerprint density at radius 1 is 1.43 bits per heavy atom. The average molecular weight is 303 g/mol. The summed E-state index contributed by atoms with van der Waals surface area (Å²) in [4.78, 5) is 11.0. The Hall–Kier alpha value is -2.11. The maximum Gasteiger partial charge on any atom is 0.416 e. The van der Waals surface area contributed by atoms with Crippen LogP contribution in [0.4, 0.5) is 13.2 Å². The summed E-state index contributed by atoms with van der Waals surface area (Å²) in [5.74, 6) is -0.799. The van der Waals surface area contributed by atoms with E-state index in [1.54, 1.807) is 0 Å². The Labute approximate surface area is 118 Å². The van der Waals surface area contributed by atoms with Crippen LogP contribution in [0.2, 0.25) is 0 Å². The molecule has 0 aliphatic heterocycles. The number of rotatable bonds is 4. The van der Waals surface area contributed by atoms with Gasteiger partial charge in [-0.25, -0.2) is 0 Å². The molecular weight excluding hydrogens is 291 g/mol. The molecule has 5 nitrogen and oxygen atoms in total. The summed E-state index contributed by atoms with van der Waals surface area (Å²) in [5, 5.41) is 28.4. The number of benzene rings is 1. The monoisotopic (exact) mass is 303 g/mol. The molecule has 1 aromatic rings. The van der Waals surface area contributed by atoms with Gasteiger partial charge in [-0.3, -0.25) is 4.79 Å². The molecule has 0 aromatic heterocycles. The number of halogens is 3. The van der Waals surface area contributed by atoms with E-state index in [4.69, 9.17) is 5.26 Å². The summed E-state index contributed by atoms with van der Waals surface area (Å²) in [6.45, 7) is 0. The highest BCUT2D eigenvalue weighted by molar-refractivity contribution is 5.69. The summed E-state index contributed by atoms with van der Waals surface area (Å²) >= 11 is 0. The first-order valence-electron chi connectivity index (χ1n) is 5.75. The molecule has 0 radical (unpaired) electrons. The van der Waals surface area contributed by atoms with Crippen LogP contribution in [0.25, 0.3) is 0 Å². The molecule has 0 saturated carbocycles. The van der Waals surface area contributed by atoms with E-state index < -0.39 is 41.9 Å². The van der Waals surface area contributed by atoms with Crippen molar-refractivity contribution in [2.75, 3.05) is 7.11 Å². The van der Waals surface area contributed by atoms with Crippen LogP contribution in [-0.2, 0) is 15.7 Å². The van der Waals surface area contributed by atoms with Gasteiger partial charge in [0.2, 0.25) is 0 Å². The molecule has 0 spiro atoms. The Balaban J connectivity index is 3.08. The molecule has 114 valence electrons. The molecule has 8 heteroatoms. The van der Waals surface area contributed by atoms with Crippen LogP contribution in [0.15, 0.2) is 18.2 Å². The van der Waals surface area contributed by atoms with Crippen LogP contribution < -0.4 is 0 Å². The lowest BCUT2D eigenvalue weighted by molar-refractivity contribution is -0.144. The predicted octanol–water partition coefficient (Wildman–Crippen LogP) is 1.53. The molecule has 0 bridgehead atoms. The maximum absolute atomic E-state index is 12.5. The Kier molecular flexibility index (Phi) is 5.29. The second-order valence-electron chi connectivity index (χ2n) is 4.20. The minimum Gasteiger partial charge on any atom is -0.469 e. The smallest absolute Gasteiger partial charge is 0.416 e. The minimum absolute atomic E-state index is 0.193.